The van der Waals surface area contributed by atoms with E-state index in [1.54, 1.807) is 12.4 Å². The summed E-state index contributed by atoms with van der Waals surface area (Å²) in [6.45, 7) is 3.33. The maximum atomic E-state index is 11.6. The molecular weight excluding hydrogens is 274 g/mol. The van der Waals surface area contributed by atoms with Crippen molar-refractivity contribution >= 4 is 21.6 Å². The molecule has 0 aromatic carbocycles. The Hall–Kier alpha value is -0.690. The highest BCUT2D eigenvalue weighted by Crippen LogP contribution is 2.11. The summed E-state index contributed by atoms with van der Waals surface area (Å²) in [5.74, 6) is 0. The Kier molecular flexibility index (Phi) is 4.55. The molecule has 0 N–H and O–H groups in total. The fraction of sp³-hybridized carbons (Fsp3) is 0.545. The molecule has 1 aliphatic heterocycles. The first-order valence-corrected chi connectivity index (χ1v) is 7.91. The normalized spacial score (nSPS) is 18.9. The first-order chi connectivity index (χ1) is 8.62. The zero-order valence-electron chi connectivity index (χ0n) is 10.00. The standard InChI is InChI=1S/C11H16ClN3O2S/c12-10-18(16,17)15-7-5-14(6-8-15)9-11-1-3-13-4-2-11/h1-4H,5-10H2. The van der Waals surface area contributed by atoms with E-state index in [1.807, 2.05) is 12.1 Å². The third kappa shape index (κ3) is 3.41. The Labute approximate surface area is 112 Å². The second-order valence-electron chi connectivity index (χ2n) is 4.25. The maximum absolute atomic E-state index is 11.6. The van der Waals surface area contributed by atoms with Crippen molar-refractivity contribution in [2.24, 2.45) is 0 Å². The lowest BCUT2D eigenvalue weighted by Crippen LogP contribution is -2.48. The van der Waals surface area contributed by atoms with Crippen LogP contribution in [0, 0.1) is 0 Å². The van der Waals surface area contributed by atoms with Crippen LogP contribution in [0.1, 0.15) is 5.56 Å². The van der Waals surface area contributed by atoms with E-state index in [4.69, 9.17) is 11.6 Å². The monoisotopic (exact) mass is 289 g/mol. The van der Waals surface area contributed by atoms with Crippen molar-refractivity contribution in [1.29, 1.82) is 0 Å². The molecule has 18 heavy (non-hydrogen) atoms. The summed E-state index contributed by atoms with van der Waals surface area (Å²) in [6, 6.07) is 3.95. The van der Waals surface area contributed by atoms with Crippen molar-refractivity contribution in [2.45, 2.75) is 6.54 Å². The van der Waals surface area contributed by atoms with Crippen molar-refractivity contribution in [3.63, 3.8) is 0 Å². The van der Waals surface area contributed by atoms with E-state index in [2.05, 4.69) is 9.88 Å². The van der Waals surface area contributed by atoms with Crippen LogP contribution in [0.25, 0.3) is 0 Å². The zero-order valence-corrected chi connectivity index (χ0v) is 11.6. The van der Waals surface area contributed by atoms with Gasteiger partial charge in [-0.15, -0.1) is 11.6 Å². The zero-order chi connectivity index (χ0) is 13.0. The molecule has 0 radical (unpaired) electrons. The lowest BCUT2D eigenvalue weighted by Gasteiger charge is -2.33. The Morgan fingerprint density at radius 1 is 1.17 bits per heavy atom. The molecule has 1 fully saturated rings. The molecule has 1 aliphatic rings. The van der Waals surface area contributed by atoms with E-state index in [0.717, 1.165) is 19.6 Å². The highest BCUT2D eigenvalue weighted by atomic mass is 35.5. The largest absolute Gasteiger partial charge is 0.296 e. The Morgan fingerprint density at radius 2 is 1.78 bits per heavy atom. The highest BCUT2D eigenvalue weighted by Gasteiger charge is 2.25. The van der Waals surface area contributed by atoms with Crippen LogP contribution in [0.3, 0.4) is 0 Å². The summed E-state index contributed by atoms with van der Waals surface area (Å²) in [5.41, 5.74) is 1.19. The van der Waals surface area contributed by atoms with Gasteiger partial charge in [0.1, 0.15) is 5.21 Å². The van der Waals surface area contributed by atoms with Gasteiger partial charge in [-0.25, -0.2) is 8.42 Å². The Balaban J connectivity index is 1.88. The van der Waals surface area contributed by atoms with Crippen molar-refractivity contribution in [2.75, 3.05) is 31.4 Å². The van der Waals surface area contributed by atoms with E-state index in [9.17, 15) is 8.42 Å². The molecule has 2 rings (SSSR count). The summed E-state index contributed by atoms with van der Waals surface area (Å²) in [6.07, 6.45) is 3.53. The molecule has 0 aliphatic carbocycles. The number of sulfonamides is 1. The predicted molar refractivity (Wildman–Crippen MR) is 70.7 cm³/mol. The number of piperazine rings is 1. The lowest BCUT2D eigenvalue weighted by molar-refractivity contribution is 0.182. The number of hydrogen-bond acceptors (Lipinski definition) is 4. The number of halogens is 1. The second kappa shape index (κ2) is 5.97. The topological polar surface area (TPSA) is 53.5 Å². The van der Waals surface area contributed by atoms with Gasteiger partial charge in [0.2, 0.25) is 10.0 Å². The summed E-state index contributed by atoms with van der Waals surface area (Å²) in [7, 11) is -3.26. The van der Waals surface area contributed by atoms with Gasteiger partial charge in [0.15, 0.2) is 0 Å². The van der Waals surface area contributed by atoms with Crippen LogP contribution in [0.15, 0.2) is 24.5 Å². The third-order valence-corrected chi connectivity index (χ3v) is 5.27. The number of alkyl halides is 1. The van der Waals surface area contributed by atoms with Crippen molar-refractivity contribution in [3.05, 3.63) is 30.1 Å². The van der Waals surface area contributed by atoms with Gasteiger partial charge in [-0.2, -0.15) is 4.31 Å². The molecular formula is C11H16ClN3O2S. The molecule has 0 amide bonds. The van der Waals surface area contributed by atoms with Gasteiger partial charge in [0.05, 0.1) is 0 Å². The molecule has 0 bridgehead atoms. The lowest BCUT2D eigenvalue weighted by atomic mass is 10.2. The third-order valence-electron chi connectivity index (χ3n) is 3.02. The number of aromatic nitrogens is 1. The van der Waals surface area contributed by atoms with Crippen LogP contribution in [0.2, 0.25) is 0 Å². The molecule has 1 aromatic heterocycles. The van der Waals surface area contributed by atoms with Crippen LogP contribution < -0.4 is 0 Å². The van der Waals surface area contributed by atoms with E-state index in [-0.39, 0.29) is 5.21 Å². The van der Waals surface area contributed by atoms with Crippen LogP contribution in [-0.2, 0) is 16.6 Å². The molecule has 0 unspecified atom stereocenters. The number of nitrogens with zero attached hydrogens (tertiary/aromatic N) is 3. The van der Waals surface area contributed by atoms with Gasteiger partial charge in [-0.1, -0.05) is 0 Å². The molecule has 5 nitrogen and oxygen atoms in total. The molecule has 0 atom stereocenters. The van der Waals surface area contributed by atoms with Gasteiger partial charge in [-0.3, -0.25) is 9.88 Å². The summed E-state index contributed by atoms with van der Waals surface area (Å²) in [5, 5.41) is -0.336. The van der Waals surface area contributed by atoms with Crippen LogP contribution in [-0.4, -0.2) is 54.0 Å². The quantitative estimate of drug-likeness (QED) is 0.767. The minimum atomic E-state index is -3.26. The van der Waals surface area contributed by atoms with Crippen molar-refractivity contribution < 1.29 is 8.42 Å². The van der Waals surface area contributed by atoms with Crippen LogP contribution >= 0.6 is 11.6 Å². The first-order valence-electron chi connectivity index (χ1n) is 5.77. The number of pyridine rings is 1. The van der Waals surface area contributed by atoms with Gasteiger partial charge in [0.25, 0.3) is 0 Å². The van der Waals surface area contributed by atoms with Crippen LogP contribution in [0.5, 0.6) is 0 Å². The molecule has 0 saturated carbocycles. The summed E-state index contributed by atoms with van der Waals surface area (Å²) in [4.78, 5) is 6.20. The average Bonchev–Trinajstić information content (AvgIpc) is 2.40. The van der Waals surface area contributed by atoms with Gasteiger partial charge in [0, 0.05) is 45.1 Å². The minimum absolute atomic E-state index is 0.336. The van der Waals surface area contributed by atoms with Crippen LogP contribution in [0.4, 0.5) is 0 Å². The van der Waals surface area contributed by atoms with E-state index >= 15 is 0 Å². The smallest absolute Gasteiger partial charge is 0.228 e. The SMILES string of the molecule is O=S(=O)(CCl)N1CCN(Cc2ccncc2)CC1. The predicted octanol–water partition coefficient (Wildman–Crippen LogP) is 0.725. The molecule has 7 heteroatoms. The van der Waals surface area contributed by atoms with E-state index < -0.39 is 10.0 Å². The maximum Gasteiger partial charge on any atom is 0.228 e. The average molecular weight is 290 g/mol. The number of rotatable bonds is 4. The second-order valence-corrected chi connectivity index (χ2v) is 6.80. The molecule has 2 heterocycles. The number of hydrogen-bond donors (Lipinski definition) is 0. The summed E-state index contributed by atoms with van der Waals surface area (Å²) < 4.78 is 24.6. The van der Waals surface area contributed by atoms with Crippen molar-refractivity contribution in [1.82, 2.24) is 14.2 Å². The fourth-order valence-electron chi connectivity index (χ4n) is 1.98. The summed E-state index contributed by atoms with van der Waals surface area (Å²) >= 11 is 5.44. The molecule has 1 saturated heterocycles. The van der Waals surface area contributed by atoms with Crippen molar-refractivity contribution in [3.8, 4) is 0 Å². The van der Waals surface area contributed by atoms with Gasteiger partial charge >= 0.3 is 0 Å². The van der Waals surface area contributed by atoms with Gasteiger partial charge in [-0.05, 0) is 17.7 Å². The first kappa shape index (κ1) is 13.7. The molecule has 0 spiro atoms. The Morgan fingerprint density at radius 3 is 2.33 bits per heavy atom. The molecule has 100 valence electrons. The minimum Gasteiger partial charge on any atom is -0.296 e. The Bertz CT molecular complexity index is 472. The van der Waals surface area contributed by atoms with Gasteiger partial charge < -0.3 is 0 Å². The fourth-order valence-corrected chi connectivity index (χ4v) is 3.25. The van der Waals surface area contributed by atoms with E-state index in [0.29, 0.717) is 13.1 Å². The van der Waals surface area contributed by atoms with E-state index in [1.165, 1.54) is 9.87 Å². The molecule has 1 aromatic rings. The highest BCUT2D eigenvalue weighted by molar-refractivity contribution is 7.90.